The van der Waals surface area contributed by atoms with Crippen LogP contribution in [0.25, 0.3) is 11.0 Å². The van der Waals surface area contributed by atoms with Crippen molar-refractivity contribution in [2.45, 2.75) is 5.75 Å². The van der Waals surface area contributed by atoms with Crippen molar-refractivity contribution in [1.82, 2.24) is 0 Å². The SMILES string of the molecule is NS(=O)(=O)Cc1cc2occ(NC=O)c(=O)c2cc1Oc1ccccc1. The molecule has 26 heavy (non-hydrogen) atoms. The van der Waals surface area contributed by atoms with Gasteiger partial charge in [-0.05, 0) is 24.3 Å². The molecule has 3 N–H and O–H groups in total. The molecule has 0 aliphatic carbocycles. The predicted molar refractivity (Wildman–Crippen MR) is 95.5 cm³/mol. The molecule has 0 fully saturated rings. The number of ether oxygens (including phenoxy) is 1. The van der Waals surface area contributed by atoms with Gasteiger partial charge in [0.1, 0.15) is 29.0 Å². The van der Waals surface area contributed by atoms with Gasteiger partial charge in [0.25, 0.3) is 0 Å². The van der Waals surface area contributed by atoms with E-state index in [1.807, 2.05) is 0 Å². The molecule has 0 saturated heterocycles. The number of amides is 1. The first kappa shape index (κ1) is 17.6. The molecule has 2 aromatic carbocycles. The van der Waals surface area contributed by atoms with E-state index >= 15 is 0 Å². The fourth-order valence-electron chi connectivity index (χ4n) is 2.40. The smallest absolute Gasteiger partial charge is 0.216 e. The average molecular weight is 374 g/mol. The fourth-order valence-corrected chi connectivity index (χ4v) is 3.06. The number of hydrogen-bond donors (Lipinski definition) is 2. The van der Waals surface area contributed by atoms with Gasteiger partial charge in [-0.15, -0.1) is 0 Å². The Morgan fingerprint density at radius 1 is 1.19 bits per heavy atom. The van der Waals surface area contributed by atoms with E-state index in [-0.39, 0.29) is 28.0 Å². The summed E-state index contributed by atoms with van der Waals surface area (Å²) in [6.45, 7) is 0. The van der Waals surface area contributed by atoms with Crippen LogP contribution in [-0.2, 0) is 20.6 Å². The molecule has 9 heteroatoms. The Balaban J connectivity index is 2.19. The summed E-state index contributed by atoms with van der Waals surface area (Å²) in [5.41, 5.74) is -0.149. The van der Waals surface area contributed by atoms with Crippen molar-refractivity contribution in [2.75, 3.05) is 5.32 Å². The van der Waals surface area contributed by atoms with E-state index in [1.165, 1.54) is 12.1 Å². The third kappa shape index (κ3) is 3.90. The molecule has 0 aliphatic heterocycles. The maximum atomic E-state index is 12.4. The average Bonchev–Trinajstić information content (AvgIpc) is 2.58. The normalized spacial score (nSPS) is 11.3. The summed E-state index contributed by atoms with van der Waals surface area (Å²) < 4.78 is 34.1. The van der Waals surface area contributed by atoms with Crippen LogP contribution in [0.1, 0.15) is 5.56 Å². The first-order chi connectivity index (χ1) is 12.4. The number of nitrogens with two attached hydrogens (primary N) is 1. The van der Waals surface area contributed by atoms with Gasteiger partial charge in [0.2, 0.25) is 21.9 Å². The Morgan fingerprint density at radius 3 is 2.58 bits per heavy atom. The van der Waals surface area contributed by atoms with Crippen LogP contribution in [0.15, 0.2) is 57.9 Å². The number of sulfonamides is 1. The third-order valence-corrected chi connectivity index (χ3v) is 4.21. The van der Waals surface area contributed by atoms with E-state index < -0.39 is 21.2 Å². The lowest BCUT2D eigenvalue weighted by Crippen LogP contribution is -2.15. The van der Waals surface area contributed by atoms with E-state index in [4.69, 9.17) is 14.3 Å². The molecule has 0 bridgehead atoms. The topological polar surface area (TPSA) is 129 Å². The van der Waals surface area contributed by atoms with Gasteiger partial charge in [0.05, 0.1) is 11.1 Å². The maximum Gasteiger partial charge on any atom is 0.216 e. The summed E-state index contributed by atoms with van der Waals surface area (Å²) in [6.07, 6.45) is 1.44. The zero-order chi connectivity index (χ0) is 18.7. The van der Waals surface area contributed by atoms with Crippen molar-refractivity contribution in [3.8, 4) is 11.5 Å². The van der Waals surface area contributed by atoms with Crippen molar-refractivity contribution in [2.24, 2.45) is 5.14 Å². The minimum Gasteiger partial charge on any atom is -0.462 e. The van der Waals surface area contributed by atoms with Crippen LogP contribution in [0.5, 0.6) is 11.5 Å². The summed E-state index contributed by atoms with van der Waals surface area (Å²) >= 11 is 0. The highest BCUT2D eigenvalue weighted by Gasteiger charge is 2.17. The summed E-state index contributed by atoms with van der Waals surface area (Å²) in [5, 5.41) is 7.52. The Hall–Kier alpha value is -3.17. The summed E-state index contributed by atoms with van der Waals surface area (Å²) in [6, 6.07) is 11.4. The van der Waals surface area contributed by atoms with Crippen LogP contribution in [0, 0.1) is 0 Å². The van der Waals surface area contributed by atoms with Crippen LogP contribution < -0.4 is 20.6 Å². The quantitative estimate of drug-likeness (QED) is 0.635. The third-order valence-electron chi connectivity index (χ3n) is 3.50. The molecule has 0 unspecified atom stereocenters. The number of primary sulfonamides is 1. The lowest BCUT2D eigenvalue weighted by molar-refractivity contribution is -0.105. The fraction of sp³-hybridized carbons (Fsp3) is 0.0588. The largest absolute Gasteiger partial charge is 0.462 e. The van der Waals surface area contributed by atoms with Gasteiger partial charge in [-0.2, -0.15) is 0 Å². The molecule has 3 rings (SSSR count). The van der Waals surface area contributed by atoms with E-state index in [2.05, 4.69) is 5.32 Å². The summed E-state index contributed by atoms with van der Waals surface area (Å²) in [4.78, 5) is 23.0. The van der Waals surface area contributed by atoms with Gasteiger partial charge in [0.15, 0.2) is 0 Å². The van der Waals surface area contributed by atoms with Gasteiger partial charge < -0.3 is 14.5 Å². The number of rotatable bonds is 6. The molecule has 3 aromatic rings. The Morgan fingerprint density at radius 2 is 1.92 bits per heavy atom. The minimum absolute atomic E-state index is 0.0441. The molecule has 8 nitrogen and oxygen atoms in total. The van der Waals surface area contributed by atoms with Crippen molar-refractivity contribution < 1.29 is 22.4 Å². The van der Waals surface area contributed by atoms with Gasteiger partial charge in [-0.25, -0.2) is 13.6 Å². The molecule has 0 radical (unpaired) electrons. The standard InChI is InChI=1S/C17H14N2O6S/c18-26(22,23)9-11-6-16-13(17(21)14(8-24-16)19-10-20)7-15(11)25-12-4-2-1-3-5-12/h1-8,10H,9H2,(H,19,20)(H2,18,22,23). The highest BCUT2D eigenvalue weighted by Crippen LogP contribution is 2.30. The van der Waals surface area contributed by atoms with Gasteiger partial charge in [-0.1, -0.05) is 18.2 Å². The molecule has 0 spiro atoms. The number of carbonyl (C=O) groups is 1. The lowest BCUT2D eigenvalue weighted by atomic mass is 10.1. The number of hydrogen-bond acceptors (Lipinski definition) is 6. The van der Waals surface area contributed by atoms with E-state index in [0.717, 1.165) is 6.26 Å². The number of carbonyl (C=O) groups excluding carboxylic acids is 1. The first-order valence-electron chi connectivity index (χ1n) is 7.39. The minimum atomic E-state index is -3.85. The molecule has 0 atom stereocenters. The highest BCUT2D eigenvalue weighted by atomic mass is 32.2. The van der Waals surface area contributed by atoms with Crippen molar-refractivity contribution in [3.05, 3.63) is 64.5 Å². The first-order valence-corrected chi connectivity index (χ1v) is 9.11. The zero-order valence-electron chi connectivity index (χ0n) is 13.3. The highest BCUT2D eigenvalue weighted by molar-refractivity contribution is 7.88. The summed E-state index contributed by atoms with van der Waals surface area (Å²) in [5.74, 6) is 0.103. The number of nitrogens with one attached hydrogen (secondary N) is 1. The van der Waals surface area contributed by atoms with Crippen LogP contribution in [0.4, 0.5) is 5.69 Å². The zero-order valence-corrected chi connectivity index (χ0v) is 14.2. The van der Waals surface area contributed by atoms with E-state index in [1.54, 1.807) is 30.3 Å². The van der Waals surface area contributed by atoms with Crippen LogP contribution in [0.3, 0.4) is 0 Å². The van der Waals surface area contributed by atoms with Crippen LogP contribution >= 0.6 is 0 Å². The lowest BCUT2D eigenvalue weighted by Gasteiger charge is -2.12. The van der Waals surface area contributed by atoms with Gasteiger partial charge in [0, 0.05) is 5.56 Å². The summed E-state index contributed by atoms with van der Waals surface area (Å²) in [7, 11) is -3.85. The molecule has 1 aromatic heterocycles. The van der Waals surface area contributed by atoms with Crippen LogP contribution in [-0.4, -0.2) is 14.8 Å². The Bertz CT molecular complexity index is 1120. The second-order valence-corrected chi connectivity index (χ2v) is 7.03. The number of benzene rings is 2. The molecule has 1 amide bonds. The molecule has 134 valence electrons. The molecular weight excluding hydrogens is 360 g/mol. The Kier molecular flexibility index (Phi) is 4.74. The molecule has 0 saturated carbocycles. The second kappa shape index (κ2) is 6.98. The van der Waals surface area contributed by atoms with Crippen molar-refractivity contribution in [3.63, 3.8) is 0 Å². The van der Waals surface area contributed by atoms with Crippen LogP contribution in [0.2, 0.25) is 0 Å². The van der Waals surface area contributed by atoms with Crippen molar-refractivity contribution >= 4 is 33.1 Å². The van der Waals surface area contributed by atoms with Crippen molar-refractivity contribution in [1.29, 1.82) is 0 Å². The predicted octanol–water partition coefficient (Wildman–Crippen LogP) is 1.94. The van der Waals surface area contributed by atoms with E-state index in [9.17, 15) is 18.0 Å². The molecule has 0 aliphatic rings. The maximum absolute atomic E-state index is 12.4. The number of anilines is 1. The molecular formula is C17H14N2O6S. The Labute approximate surface area is 148 Å². The van der Waals surface area contributed by atoms with Gasteiger partial charge >= 0.3 is 0 Å². The molecule has 1 heterocycles. The number of fused-ring (bicyclic) bond motifs is 1. The number of para-hydroxylation sites is 1. The van der Waals surface area contributed by atoms with E-state index in [0.29, 0.717) is 12.2 Å². The van der Waals surface area contributed by atoms with Gasteiger partial charge in [-0.3, -0.25) is 9.59 Å². The second-order valence-electron chi connectivity index (χ2n) is 5.42. The monoisotopic (exact) mass is 374 g/mol.